The Balaban J connectivity index is 1.49. The van der Waals surface area contributed by atoms with Crippen molar-refractivity contribution in [2.24, 2.45) is 17.8 Å². The number of ether oxygens (including phenoxy) is 2. The fourth-order valence-corrected chi connectivity index (χ4v) is 6.62. The molecule has 32 heavy (non-hydrogen) atoms. The Morgan fingerprint density at radius 1 is 1.16 bits per heavy atom. The molecule has 1 aromatic heterocycles. The first kappa shape index (κ1) is 21.1. The molecule has 4 saturated carbocycles. The Morgan fingerprint density at radius 3 is 2.28 bits per heavy atom. The standard InChI is InChI=1S/C22H25ClN4O5/c1-31-18-7-16(19(32-2)6-15(18)23)24-21(28)20-17(27(29)30)11-26(25-20)22-8-12-3-13(9-22)5-14(4-12)10-22/h6-7,11-14H,3-5,8-10H2,1-2H3,(H,24,28). The summed E-state index contributed by atoms with van der Waals surface area (Å²) in [6.07, 6.45) is 8.10. The summed E-state index contributed by atoms with van der Waals surface area (Å²) in [6.45, 7) is 0. The van der Waals surface area contributed by atoms with Crippen LogP contribution >= 0.6 is 11.6 Å². The third kappa shape index (κ3) is 3.39. The molecule has 1 aromatic carbocycles. The number of halogens is 1. The maximum atomic E-state index is 13.1. The number of methoxy groups -OCH3 is 2. The molecule has 4 fully saturated rings. The molecular formula is C22H25ClN4O5. The van der Waals surface area contributed by atoms with Crippen LogP contribution in [0, 0.1) is 27.9 Å². The predicted octanol–water partition coefficient (Wildman–Crippen LogP) is 4.64. The van der Waals surface area contributed by atoms with Gasteiger partial charge in [-0.3, -0.25) is 19.6 Å². The third-order valence-corrected chi connectivity index (χ3v) is 7.62. The summed E-state index contributed by atoms with van der Waals surface area (Å²) in [7, 11) is 2.90. The number of hydrogen-bond donors (Lipinski definition) is 1. The maximum Gasteiger partial charge on any atom is 0.320 e. The number of nitrogens with zero attached hydrogens (tertiary/aromatic N) is 3. The number of carbonyl (C=O) groups is 1. The zero-order valence-electron chi connectivity index (χ0n) is 18.0. The predicted molar refractivity (Wildman–Crippen MR) is 118 cm³/mol. The molecule has 0 radical (unpaired) electrons. The van der Waals surface area contributed by atoms with E-state index >= 15 is 0 Å². The second-order valence-electron chi connectivity index (χ2n) is 9.35. The van der Waals surface area contributed by atoms with E-state index in [1.807, 2.05) is 0 Å². The monoisotopic (exact) mass is 460 g/mol. The van der Waals surface area contributed by atoms with Crippen molar-refractivity contribution in [2.45, 2.75) is 44.1 Å². The van der Waals surface area contributed by atoms with Crippen molar-refractivity contribution < 1.29 is 19.2 Å². The molecule has 2 aromatic rings. The van der Waals surface area contributed by atoms with Gasteiger partial charge >= 0.3 is 5.69 Å². The molecule has 4 aliphatic rings. The van der Waals surface area contributed by atoms with Crippen LogP contribution in [0.2, 0.25) is 5.02 Å². The lowest BCUT2D eigenvalue weighted by atomic mass is 9.53. The Kier molecular flexibility index (Phi) is 5.03. The van der Waals surface area contributed by atoms with Gasteiger partial charge in [-0.2, -0.15) is 5.10 Å². The number of aromatic nitrogens is 2. The number of benzene rings is 1. The second kappa shape index (κ2) is 7.65. The Morgan fingerprint density at radius 2 is 1.75 bits per heavy atom. The molecule has 0 atom stereocenters. The van der Waals surface area contributed by atoms with Crippen LogP contribution in [0.25, 0.3) is 0 Å². The van der Waals surface area contributed by atoms with E-state index in [-0.39, 0.29) is 22.6 Å². The molecule has 4 bridgehead atoms. The highest BCUT2D eigenvalue weighted by atomic mass is 35.5. The lowest BCUT2D eigenvalue weighted by Gasteiger charge is -2.56. The Labute approximate surface area is 190 Å². The van der Waals surface area contributed by atoms with Crippen molar-refractivity contribution in [3.63, 3.8) is 0 Å². The highest BCUT2D eigenvalue weighted by Gasteiger charge is 2.53. The molecule has 4 aliphatic carbocycles. The van der Waals surface area contributed by atoms with Gasteiger partial charge in [-0.1, -0.05) is 11.6 Å². The zero-order valence-corrected chi connectivity index (χ0v) is 18.7. The third-order valence-electron chi connectivity index (χ3n) is 7.32. The summed E-state index contributed by atoms with van der Waals surface area (Å²) in [5, 5.41) is 19.3. The van der Waals surface area contributed by atoms with Crippen molar-refractivity contribution in [3.05, 3.63) is 39.2 Å². The summed E-state index contributed by atoms with van der Waals surface area (Å²) in [5.41, 5.74) is -0.434. The van der Waals surface area contributed by atoms with Crippen molar-refractivity contribution in [3.8, 4) is 11.5 Å². The quantitative estimate of drug-likeness (QED) is 0.497. The summed E-state index contributed by atoms with van der Waals surface area (Å²) in [5.74, 6) is 1.92. The van der Waals surface area contributed by atoms with Gasteiger partial charge in [-0.15, -0.1) is 0 Å². The molecule has 0 unspecified atom stereocenters. The summed E-state index contributed by atoms with van der Waals surface area (Å²) in [4.78, 5) is 24.4. The van der Waals surface area contributed by atoms with E-state index in [0.717, 1.165) is 19.3 Å². The lowest BCUT2D eigenvalue weighted by Crippen LogP contribution is -2.52. The molecule has 0 spiro atoms. The minimum atomic E-state index is -0.678. The molecular weight excluding hydrogens is 436 g/mol. The van der Waals surface area contributed by atoms with E-state index in [0.29, 0.717) is 34.3 Å². The fraction of sp³-hybridized carbons (Fsp3) is 0.545. The average molecular weight is 461 g/mol. The van der Waals surface area contributed by atoms with Gasteiger partial charge < -0.3 is 14.8 Å². The fourth-order valence-electron chi connectivity index (χ4n) is 6.39. The first-order chi connectivity index (χ1) is 15.3. The molecule has 0 saturated heterocycles. The minimum Gasteiger partial charge on any atom is -0.495 e. The van der Waals surface area contributed by atoms with E-state index in [1.54, 1.807) is 4.68 Å². The number of hydrogen-bond acceptors (Lipinski definition) is 6. The molecule has 170 valence electrons. The van der Waals surface area contributed by atoms with E-state index in [2.05, 4.69) is 10.4 Å². The van der Waals surface area contributed by atoms with Gasteiger partial charge in [-0.05, 0) is 56.3 Å². The van der Waals surface area contributed by atoms with Gasteiger partial charge in [0.15, 0.2) is 0 Å². The largest absolute Gasteiger partial charge is 0.495 e. The van der Waals surface area contributed by atoms with Crippen LogP contribution in [-0.4, -0.2) is 34.8 Å². The van der Waals surface area contributed by atoms with Crippen LogP contribution < -0.4 is 14.8 Å². The maximum absolute atomic E-state index is 13.1. The summed E-state index contributed by atoms with van der Waals surface area (Å²) < 4.78 is 12.2. The van der Waals surface area contributed by atoms with Gasteiger partial charge in [0.25, 0.3) is 5.91 Å². The highest BCUT2D eigenvalue weighted by molar-refractivity contribution is 6.32. The van der Waals surface area contributed by atoms with Crippen LogP contribution in [-0.2, 0) is 5.54 Å². The van der Waals surface area contributed by atoms with E-state index in [4.69, 9.17) is 21.1 Å². The second-order valence-corrected chi connectivity index (χ2v) is 9.75. The first-order valence-corrected chi connectivity index (χ1v) is 11.2. The summed E-state index contributed by atoms with van der Waals surface area (Å²) >= 11 is 6.13. The zero-order chi connectivity index (χ0) is 22.6. The molecule has 6 rings (SSSR count). The van der Waals surface area contributed by atoms with E-state index in [1.165, 1.54) is 51.8 Å². The van der Waals surface area contributed by atoms with Gasteiger partial charge in [0.1, 0.15) is 17.7 Å². The first-order valence-electron chi connectivity index (χ1n) is 10.8. The summed E-state index contributed by atoms with van der Waals surface area (Å²) in [6, 6.07) is 3.03. The van der Waals surface area contributed by atoms with E-state index in [9.17, 15) is 14.9 Å². The average Bonchev–Trinajstić information content (AvgIpc) is 3.20. The van der Waals surface area contributed by atoms with Crippen molar-refractivity contribution in [2.75, 3.05) is 19.5 Å². The van der Waals surface area contributed by atoms with Crippen LogP contribution in [0.5, 0.6) is 11.5 Å². The van der Waals surface area contributed by atoms with Crippen molar-refractivity contribution in [1.82, 2.24) is 9.78 Å². The Hall–Kier alpha value is -2.81. The number of carbonyl (C=O) groups excluding carboxylic acids is 1. The topological polar surface area (TPSA) is 109 Å². The number of nitrogens with one attached hydrogen (secondary N) is 1. The minimum absolute atomic E-state index is 0.207. The number of anilines is 1. The smallest absolute Gasteiger partial charge is 0.320 e. The van der Waals surface area contributed by atoms with Crippen LogP contribution in [0.15, 0.2) is 18.3 Å². The van der Waals surface area contributed by atoms with Gasteiger partial charge in [0, 0.05) is 12.1 Å². The highest BCUT2D eigenvalue weighted by Crippen LogP contribution is 2.58. The molecule has 9 nitrogen and oxygen atoms in total. The van der Waals surface area contributed by atoms with Crippen molar-refractivity contribution in [1.29, 1.82) is 0 Å². The van der Waals surface area contributed by atoms with Crippen LogP contribution in [0.4, 0.5) is 11.4 Å². The molecule has 1 N–H and O–H groups in total. The molecule has 0 aliphatic heterocycles. The lowest BCUT2D eigenvalue weighted by molar-refractivity contribution is -0.385. The van der Waals surface area contributed by atoms with Gasteiger partial charge in [0.05, 0.1) is 35.4 Å². The number of rotatable bonds is 6. The van der Waals surface area contributed by atoms with Crippen LogP contribution in [0.3, 0.4) is 0 Å². The van der Waals surface area contributed by atoms with Crippen molar-refractivity contribution >= 4 is 28.9 Å². The normalized spacial score (nSPS) is 27.9. The molecule has 1 heterocycles. The van der Waals surface area contributed by atoms with E-state index < -0.39 is 10.8 Å². The SMILES string of the molecule is COc1cc(NC(=O)c2nn(C34CC5CC(CC(C5)C3)C4)cc2[N+](=O)[O-])c(OC)cc1Cl. The molecule has 1 amide bonds. The Bertz CT molecular complexity index is 1060. The van der Waals surface area contributed by atoms with Gasteiger partial charge in [0.2, 0.25) is 5.69 Å². The number of nitro groups is 1. The van der Waals surface area contributed by atoms with Gasteiger partial charge in [-0.25, -0.2) is 0 Å². The molecule has 10 heteroatoms. The number of amides is 1. The van der Waals surface area contributed by atoms with Crippen LogP contribution in [0.1, 0.15) is 49.0 Å².